The van der Waals surface area contributed by atoms with Crippen molar-refractivity contribution < 1.29 is 27.5 Å². The molecule has 3 rings (SSSR count). The minimum absolute atomic E-state index is 0.0477. The van der Waals surface area contributed by atoms with Crippen LogP contribution in [0.5, 0.6) is 5.75 Å². The van der Waals surface area contributed by atoms with E-state index in [4.69, 9.17) is 9.88 Å². The lowest BCUT2D eigenvalue weighted by atomic mass is 10.1. The SMILES string of the molecule is COc1ccc(NC(=O)CCN2C(=O)c3ccccc3C2=O)cc1S(N)(=O)=O. The van der Waals surface area contributed by atoms with Gasteiger partial charge in [-0.05, 0) is 30.3 Å². The standard InChI is InChI=1S/C18H17N3O6S/c1-27-14-7-6-11(10-15(14)28(19,25)26)20-16(22)8-9-21-17(23)12-4-2-3-5-13(12)18(21)24/h2-7,10H,8-9H2,1H3,(H,20,22)(H2,19,25,26). The lowest BCUT2D eigenvalue weighted by Crippen LogP contribution is -2.32. The second-order valence-electron chi connectivity index (χ2n) is 6.02. The maximum atomic E-state index is 12.3. The summed E-state index contributed by atoms with van der Waals surface area (Å²) in [5, 5.41) is 7.66. The molecule has 1 aliphatic rings. The van der Waals surface area contributed by atoms with E-state index in [1.165, 1.54) is 25.3 Å². The zero-order valence-electron chi connectivity index (χ0n) is 14.8. The van der Waals surface area contributed by atoms with Gasteiger partial charge >= 0.3 is 0 Å². The number of anilines is 1. The number of rotatable bonds is 6. The minimum Gasteiger partial charge on any atom is -0.495 e. The summed E-state index contributed by atoms with van der Waals surface area (Å²) in [6.45, 7) is -0.101. The van der Waals surface area contributed by atoms with Crippen LogP contribution in [0.4, 0.5) is 5.69 Å². The number of imide groups is 1. The highest BCUT2D eigenvalue weighted by Crippen LogP contribution is 2.26. The van der Waals surface area contributed by atoms with E-state index >= 15 is 0 Å². The fourth-order valence-corrected chi connectivity index (χ4v) is 3.58. The van der Waals surface area contributed by atoms with Gasteiger partial charge in [0.25, 0.3) is 11.8 Å². The fourth-order valence-electron chi connectivity index (χ4n) is 2.86. The first-order valence-corrected chi connectivity index (χ1v) is 9.73. The van der Waals surface area contributed by atoms with Crippen LogP contribution in [0.3, 0.4) is 0 Å². The predicted molar refractivity (Wildman–Crippen MR) is 99.4 cm³/mol. The number of hydrogen-bond donors (Lipinski definition) is 2. The quantitative estimate of drug-likeness (QED) is 0.690. The molecule has 28 heavy (non-hydrogen) atoms. The second kappa shape index (κ2) is 7.41. The van der Waals surface area contributed by atoms with Gasteiger partial charge in [-0.1, -0.05) is 12.1 Å². The summed E-state index contributed by atoms with van der Waals surface area (Å²) in [6.07, 6.45) is -0.151. The van der Waals surface area contributed by atoms with E-state index in [-0.39, 0.29) is 29.3 Å². The van der Waals surface area contributed by atoms with Gasteiger partial charge in [0.1, 0.15) is 10.6 Å². The van der Waals surface area contributed by atoms with E-state index in [9.17, 15) is 22.8 Å². The molecule has 10 heteroatoms. The van der Waals surface area contributed by atoms with Gasteiger partial charge in [-0.25, -0.2) is 13.6 Å². The summed E-state index contributed by atoms with van der Waals surface area (Å²) in [5.74, 6) is -1.35. The highest BCUT2D eigenvalue weighted by atomic mass is 32.2. The molecule has 9 nitrogen and oxygen atoms in total. The molecule has 3 N–H and O–H groups in total. The number of carbonyl (C=O) groups is 3. The average molecular weight is 403 g/mol. The fraction of sp³-hybridized carbons (Fsp3) is 0.167. The molecule has 0 aromatic heterocycles. The molecule has 0 saturated carbocycles. The number of carbonyl (C=O) groups excluding carboxylic acids is 3. The number of benzene rings is 2. The maximum absolute atomic E-state index is 12.3. The molecule has 146 valence electrons. The van der Waals surface area contributed by atoms with E-state index < -0.39 is 27.7 Å². The third kappa shape index (κ3) is 3.73. The molecule has 1 aliphatic heterocycles. The predicted octanol–water partition coefficient (Wildman–Crippen LogP) is 0.967. The molecule has 3 amide bonds. The molecule has 0 aliphatic carbocycles. The van der Waals surface area contributed by atoms with Crippen molar-refractivity contribution in [2.45, 2.75) is 11.3 Å². The first-order chi connectivity index (χ1) is 13.2. The van der Waals surface area contributed by atoms with Gasteiger partial charge in [0.2, 0.25) is 15.9 Å². The van der Waals surface area contributed by atoms with Crippen LogP contribution in [0, 0.1) is 0 Å². The first-order valence-electron chi connectivity index (χ1n) is 8.18. The Balaban J connectivity index is 1.68. The summed E-state index contributed by atoms with van der Waals surface area (Å²) in [4.78, 5) is 37.5. The van der Waals surface area contributed by atoms with Crippen molar-refractivity contribution in [2.24, 2.45) is 5.14 Å². The largest absolute Gasteiger partial charge is 0.495 e. The van der Waals surface area contributed by atoms with Gasteiger partial charge in [0, 0.05) is 18.7 Å². The number of nitrogens with zero attached hydrogens (tertiary/aromatic N) is 1. The third-order valence-corrected chi connectivity index (χ3v) is 5.13. The second-order valence-corrected chi connectivity index (χ2v) is 7.55. The number of methoxy groups -OCH3 is 1. The molecular formula is C18H17N3O6S. The molecule has 2 aromatic rings. The Morgan fingerprint density at radius 2 is 1.71 bits per heavy atom. The Morgan fingerprint density at radius 3 is 2.25 bits per heavy atom. The summed E-state index contributed by atoms with van der Waals surface area (Å²) in [5.41, 5.74) is 0.805. The van der Waals surface area contributed by atoms with Gasteiger partial charge in [-0.15, -0.1) is 0 Å². The van der Waals surface area contributed by atoms with E-state index in [0.29, 0.717) is 11.1 Å². The van der Waals surface area contributed by atoms with E-state index in [0.717, 1.165) is 4.90 Å². The van der Waals surface area contributed by atoms with Crippen LogP contribution in [0.15, 0.2) is 47.4 Å². The number of sulfonamides is 1. The molecule has 0 spiro atoms. The molecule has 1 heterocycles. The van der Waals surface area contributed by atoms with Gasteiger partial charge in [-0.2, -0.15) is 0 Å². The monoisotopic (exact) mass is 403 g/mol. The molecule has 0 unspecified atom stereocenters. The summed E-state index contributed by atoms with van der Waals surface area (Å²) in [6, 6.07) is 10.4. The van der Waals surface area contributed by atoms with Crippen LogP contribution < -0.4 is 15.2 Å². The van der Waals surface area contributed by atoms with Crippen LogP contribution >= 0.6 is 0 Å². The Kier molecular flexibility index (Phi) is 5.16. The van der Waals surface area contributed by atoms with Gasteiger partial charge in [0.05, 0.1) is 18.2 Å². The van der Waals surface area contributed by atoms with Crippen LogP contribution in [-0.4, -0.2) is 44.7 Å². The molecule has 0 bridgehead atoms. The van der Waals surface area contributed by atoms with Crippen molar-refractivity contribution in [3.8, 4) is 5.75 Å². The smallest absolute Gasteiger partial charge is 0.261 e. The number of ether oxygens (including phenoxy) is 1. The Bertz CT molecular complexity index is 1050. The molecule has 2 aromatic carbocycles. The number of hydrogen-bond acceptors (Lipinski definition) is 6. The van der Waals surface area contributed by atoms with Crippen molar-refractivity contribution in [3.05, 3.63) is 53.6 Å². The Labute approximate surface area is 161 Å². The van der Waals surface area contributed by atoms with Crippen molar-refractivity contribution in [1.29, 1.82) is 0 Å². The highest BCUT2D eigenvalue weighted by Gasteiger charge is 2.34. The number of nitrogens with one attached hydrogen (secondary N) is 1. The third-order valence-electron chi connectivity index (χ3n) is 4.19. The van der Waals surface area contributed by atoms with Crippen LogP contribution in [0.25, 0.3) is 0 Å². The molecule has 0 atom stereocenters. The first kappa shape index (κ1) is 19.5. The highest BCUT2D eigenvalue weighted by molar-refractivity contribution is 7.89. The molecule has 0 saturated heterocycles. The topological polar surface area (TPSA) is 136 Å². The number of primary sulfonamides is 1. The average Bonchev–Trinajstić information content (AvgIpc) is 2.90. The van der Waals surface area contributed by atoms with E-state index in [1.54, 1.807) is 24.3 Å². The van der Waals surface area contributed by atoms with E-state index in [2.05, 4.69) is 5.32 Å². The summed E-state index contributed by atoms with van der Waals surface area (Å²) in [7, 11) is -2.75. The number of nitrogens with two attached hydrogens (primary N) is 1. The maximum Gasteiger partial charge on any atom is 0.261 e. The van der Waals surface area contributed by atoms with Crippen molar-refractivity contribution in [3.63, 3.8) is 0 Å². The van der Waals surface area contributed by atoms with Crippen LogP contribution in [0.1, 0.15) is 27.1 Å². The molecule has 0 radical (unpaired) electrons. The number of amides is 3. The lowest BCUT2D eigenvalue weighted by Gasteiger charge is -2.14. The Morgan fingerprint density at radius 1 is 1.11 bits per heavy atom. The molecule has 0 fully saturated rings. The zero-order chi connectivity index (χ0) is 20.5. The van der Waals surface area contributed by atoms with Crippen molar-refractivity contribution >= 4 is 33.4 Å². The normalized spacial score (nSPS) is 13.4. The molecular weight excluding hydrogens is 386 g/mol. The Hall–Kier alpha value is -3.24. The van der Waals surface area contributed by atoms with Crippen LogP contribution in [0.2, 0.25) is 0 Å². The number of fused-ring (bicyclic) bond motifs is 1. The van der Waals surface area contributed by atoms with Gasteiger partial charge in [-0.3, -0.25) is 19.3 Å². The minimum atomic E-state index is -4.05. The van der Waals surface area contributed by atoms with Gasteiger partial charge < -0.3 is 10.1 Å². The lowest BCUT2D eigenvalue weighted by molar-refractivity contribution is -0.116. The van der Waals surface area contributed by atoms with Gasteiger partial charge in [0.15, 0.2) is 0 Å². The van der Waals surface area contributed by atoms with Crippen molar-refractivity contribution in [1.82, 2.24) is 4.90 Å². The summed E-state index contributed by atoms with van der Waals surface area (Å²) >= 11 is 0. The van der Waals surface area contributed by atoms with Crippen molar-refractivity contribution in [2.75, 3.05) is 19.0 Å². The zero-order valence-corrected chi connectivity index (χ0v) is 15.7. The van der Waals surface area contributed by atoms with E-state index in [1.807, 2.05) is 0 Å². The summed E-state index contributed by atoms with van der Waals surface area (Å²) < 4.78 is 28.2. The van der Waals surface area contributed by atoms with Crippen LogP contribution in [-0.2, 0) is 14.8 Å².